The number of halogens is 2. The number of sulfonamides is 1. The van der Waals surface area contributed by atoms with Gasteiger partial charge in [-0.1, -0.05) is 24.3 Å². The summed E-state index contributed by atoms with van der Waals surface area (Å²) in [4.78, 5) is 12.4. The highest BCUT2D eigenvalue weighted by molar-refractivity contribution is 7.92. The Hall–Kier alpha value is -3.26. The normalized spacial score (nSPS) is 11.3. The van der Waals surface area contributed by atoms with E-state index in [4.69, 9.17) is 0 Å². The highest BCUT2D eigenvalue weighted by atomic mass is 32.2. The van der Waals surface area contributed by atoms with Crippen LogP contribution in [-0.2, 0) is 16.6 Å². The maximum atomic E-state index is 13.3. The van der Waals surface area contributed by atoms with Crippen molar-refractivity contribution in [2.75, 3.05) is 15.9 Å². The number of carbonyl (C=O) groups excluding carboxylic acids is 1. The second-order valence-corrected chi connectivity index (χ2v) is 9.25. The van der Waals surface area contributed by atoms with E-state index in [0.717, 1.165) is 29.5 Å². The molecule has 0 aliphatic heterocycles. The van der Waals surface area contributed by atoms with Crippen molar-refractivity contribution in [2.45, 2.75) is 20.4 Å². The lowest BCUT2D eigenvalue weighted by Gasteiger charge is -2.25. The van der Waals surface area contributed by atoms with Crippen LogP contribution in [0.3, 0.4) is 0 Å². The van der Waals surface area contributed by atoms with Crippen LogP contribution in [0.4, 0.5) is 20.2 Å². The summed E-state index contributed by atoms with van der Waals surface area (Å²) in [5.74, 6) is -2.55. The molecule has 1 N–H and O–H groups in total. The van der Waals surface area contributed by atoms with E-state index in [9.17, 15) is 22.0 Å². The van der Waals surface area contributed by atoms with Crippen LogP contribution in [0.15, 0.2) is 60.7 Å². The number of nitrogens with one attached hydrogen (secondary N) is 1. The predicted molar refractivity (Wildman–Crippen MR) is 118 cm³/mol. The smallest absolute Gasteiger partial charge is 0.255 e. The first-order valence-corrected chi connectivity index (χ1v) is 11.3. The van der Waals surface area contributed by atoms with Gasteiger partial charge in [0.2, 0.25) is 10.0 Å². The lowest BCUT2D eigenvalue weighted by Crippen LogP contribution is -2.30. The van der Waals surface area contributed by atoms with E-state index in [1.54, 1.807) is 24.3 Å². The van der Waals surface area contributed by atoms with Crippen LogP contribution in [0.1, 0.15) is 27.0 Å². The van der Waals surface area contributed by atoms with Gasteiger partial charge in [-0.05, 0) is 60.9 Å². The van der Waals surface area contributed by atoms with Gasteiger partial charge in [-0.3, -0.25) is 9.10 Å². The molecule has 5 nitrogen and oxygen atoms in total. The third-order valence-electron chi connectivity index (χ3n) is 4.75. The first-order chi connectivity index (χ1) is 14.5. The number of aryl methyl sites for hydroxylation is 2. The quantitative estimate of drug-likeness (QED) is 0.594. The Bertz CT molecular complexity index is 1230. The Morgan fingerprint density at radius 1 is 0.935 bits per heavy atom. The molecule has 0 fully saturated rings. The first-order valence-electron chi connectivity index (χ1n) is 9.45. The molecule has 0 unspecified atom stereocenters. The molecule has 0 heterocycles. The molecule has 1 amide bonds. The lowest BCUT2D eigenvalue weighted by molar-refractivity contribution is 0.102. The second kappa shape index (κ2) is 8.85. The zero-order valence-electron chi connectivity index (χ0n) is 17.3. The average Bonchev–Trinajstić information content (AvgIpc) is 2.70. The van der Waals surface area contributed by atoms with E-state index in [1.165, 1.54) is 10.4 Å². The van der Waals surface area contributed by atoms with E-state index in [0.29, 0.717) is 16.8 Å². The van der Waals surface area contributed by atoms with Gasteiger partial charge < -0.3 is 5.32 Å². The number of nitrogens with zero attached hydrogens (tertiary/aromatic N) is 1. The predicted octanol–water partition coefficient (Wildman–Crippen LogP) is 4.80. The standard InChI is InChI=1S/C23H22F2N2O3S/c1-15-4-5-16(2)22(12-15)27(31(3,29)30)14-17-6-8-18(9-7-17)23(28)26-19-10-11-20(24)21(25)13-19/h4-13H,14H2,1-3H3,(H,26,28). The van der Waals surface area contributed by atoms with Crippen LogP contribution in [0.25, 0.3) is 0 Å². The van der Waals surface area contributed by atoms with E-state index >= 15 is 0 Å². The number of hydrogen-bond acceptors (Lipinski definition) is 3. The summed E-state index contributed by atoms with van der Waals surface area (Å²) in [5, 5.41) is 2.50. The molecule has 31 heavy (non-hydrogen) atoms. The molecule has 162 valence electrons. The fourth-order valence-corrected chi connectivity index (χ4v) is 4.01. The Morgan fingerprint density at radius 2 is 1.61 bits per heavy atom. The minimum Gasteiger partial charge on any atom is -0.322 e. The van der Waals surface area contributed by atoms with Gasteiger partial charge in [0.05, 0.1) is 18.5 Å². The van der Waals surface area contributed by atoms with Crippen molar-refractivity contribution in [3.8, 4) is 0 Å². The number of amides is 1. The van der Waals surface area contributed by atoms with E-state index < -0.39 is 27.6 Å². The van der Waals surface area contributed by atoms with Gasteiger partial charge in [-0.25, -0.2) is 17.2 Å². The van der Waals surface area contributed by atoms with Gasteiger partial charge in [0, 0.05) is 17.3 Å². The van der Waals surface area contributed by atoms with Crippen molar-refractivity contribution >= 4 is 27.3 Å². The number of rotatable bonds is 6. The SMILES string of the molecule is Cc1ccc(C)c(N(Cc2ccc(C(=O)Nc3ccc(F)c(F)c3)cc2)S(C)(=O)=O)c1. The van der Waals surface area contributed by atoms with Crippen LogP contribution in [0.5, 0.6) is 0 Å². The summed E-state index contributed by atoms with van der Waals surface area (Å²) in [7, 11) is -3.54. The fraction of sp³-hybridized carbons (Fsp3) is 0.174. The zero-order valence-corrected chi connectivity index (χ0v) is 18.1. The minimum atomic E-state index is -3.54. The Morgan fingerprint density at radius 3 is 2.23 bits per heavy atom. The van der Waals surface area contributed by atoms with Gasteiger partial charge in [0.1, 0.15) is 0 Å². The van der Waals surface area contributed by atoms with Crippen molar-refractivity contribution in [1.29, 1.82) is 0 Å². The van der Waals surface area contributed by atoms with E-state index in [-0.39, 0.29) is 12.2 Å². The summed E-state index contributed by atoms with van der Waals surface area (Å²) in [6.07, 6.45) is 1.15. The van der Waals surface area contributed by atoms with Crippen LogP contribution in [0.2, 0.25) is 0 Å². The molecule has 3 rings (SSSR count). The summed E-state index contributed by atoms with van der Waals surface area (Å²) in [6.45, 7) is 3.84. The van der Waals surface area contributed by atoms with Gasteiger partial charge in [0.25, 0.3) is 5.91 Å². The molecule has 0 aliphatic carbocycles. The molecule has 8 heteroatoms. The maximum absolute atomic E-state index is 13.3. The van der Waals surface area contributed by atoms with Crippen molar-refractivity contribution in [2.24, 2.45) is 0 Å². The molecule has 0 spiro atoms. The zero-order chi connectivity index (χ0) is 22.8. The van der Waals surface area contributed by atoms with Crippen LogP contribution in [-0.4, -0.2) is 20.6 Å². The fourth-order valence-electron chi connectivity index (χ4n) is 3.07. The summed E-state index contributed by atoms with van der Waals surface area (Å²) < 4.78 is 52.5. The summed E-state index contributed by atoms with van der Waals surface area (Å²) >= 11 is 0. The summed E-state index contributed by atoms with van der Waals surface area (Å²) in [5.41, 5.74) is 3.49. The third-order valence-corrected chi connectivity index (χ3v) is 5.88. The Balaban J connectivity index is 1.80. The first kappa shape index (κ1) is 22.4. The van der Waals surface area contributed by atoms with Crippen molar-refractivity contribution < 1.29 is 22.0 Å². The highest BCUT2D eigenvalue weighted by Gasteiger charge is 2.20. The largest absolute Gasteiger partial charge is 0.322 e. The number of anilines is 2. The number of benzene rings is 3. The molecular formula is C23H22F2N2O3S. The summed E-state index contributed by atoms with van der Waals surface area (Å²) in [6, 6.07) is 15.1. The number of hydrogen-bond donors (Lipinski definition) is 1. The second-order valence-electron chi connectivity index (χ2n) is 7.34. The minimum absolute atomic E-state index is 0.105. The van der Waals surface area contributed by atoms with Crippen LogP contribution < -0.4 is 9.62 Å². The molecule has 0 saturated heterocycles. The lowest BCUT2D eigenvalue weighted by atomic mass is 10.1. The van der Waals surface area contributed by atoms with Gasteiger partial charge in [0.15, 0.2) is 11.6 Å². The van der Waals surface area contributed by atoms with Gasteiger partial charge in [-0.2, -0.15) is 0 Å². The third kappa shape index (κ3) is 5.46. The molecule has 0 bridgehead atoms. The molecule has 3 aromatic rings. The molecule has 0 radical (unpaired) electrons. The molecule has 0 saturated carbocycles. The van der Waals surface area contributed by atoms with E-state index in [2.05, 4.69) is 5.32 Å². The molecular weight excluding hydrogens is 422 g/mol. The molecule has 0 aliphatic rings. The average molecular weight is 445 g/mol. The monoisotopic (exact) mass is 444 g/mol. The van der Waals surface area contributed by atoms with Crippen LogP contribution >= 0.6 is 0 Å². The van der Waals surface area contributed by atoms with Crippen molar-refractivity contribution in [3.63, 3.8) is 0 Å². The molecule has 0 atom stereocenters. The Kier molecular flexibility index (Phi) is 6.40. The molecule has 0 aromatic heterocycles. The highest BCUT2D eigenvalue weighted by Crippen LogP contribution is 2.26. The Labute approximate surface area is 180 Å². The van der Waals surface area contributed by atoms with Gasteiger partial charge in [-0.15, -0.1) is 0 Å². The van der Waals surface area contributed by atoms with E-state index in [1.807, 2.05) is 32.0 Å². The van der Waals surface area contributed by atoms with Crippen LogP contribution in [0, 0.1) is 25.5 Å². The number of carbonyl (C=O) groups is 1. The maximum Gasteiger partial charge on any atom is 0.255 e. The molecule has 3 aromatic carbocycles. The van der Waals surface area contributed by atoms with Crippen molar-refractivity contribution in [3.05, 3.63) is 94.6 Å². The van der Waals surface area contributed by atoms with Gasteiger partial charge >= 0.3 is 0 Å². The topological polar surface area (TPSA) is 66.5 Å². The van der Waals surface area contributed by atoms with Crippen molar-refractivity contribution in [1.82, 2.24) is 0 Å².